The average molecular weight is 1040 g/mol. The number of thiazole rings is 1. The van der Waals surface area contributed by atoms with Gasteiger partial charge in [-0.25, -0.2) is 19.5 Å². The van der Waals surface area contributed by atoms with Crippen LogP contribution in [0.5, 0.6) is 5.75 Å². The van der Waals surface area contributed by atoms with Crippen LogP contribution in [0, 0.1) is 18.3 Å². The van der Waals surface area contributed by atoms with Gasteiger partial charge in [-0.2, -0.15) is 18.4 Å². The minimum atomic E-state index is -4.88. The molecular formula is C54H58F3N7O9S. The lowest BCUT2D eigenvalue weighted by molar-refractivity contribution is -0.143. The third kappa shape index (κ3) is 12.7. The number of β-amino-alcohol motifs (C(OH)–C–C–N with tert-alkyl or cyclic N) is 1. The number of likely N-dealkylation sites (tertiary alicyclic amines) is 1. The predicted octanol–water partition coefficient (Wildman–Crippen LogP) is 9.24. The van der Waals surface area contributed by atoms with Gasteiger partial charge in [0, 0.05) is 25.3 Å². The zero-order valence-corrected chi connectivity index (χ0v) is 42.4. The smallest absolute Gasteiger partial charge is 0.417 e. The number of benzene rings is 4. The summed E-state index contributed by atoms with van der Waals surface area (Å²) < 4.78 is 58.7. The van der Waals surface area contributed by atoms with Gasteiger partial charge >= 0.3 is 18.3 Å². The Kier molecular flexibility index (Phi) is 17.4. The molecule has 5 aromatic rings. The predicted molar refractivity (Wildman–Crippen MR) is 270 cm³/mol. The van der Waals surface area contributed by atoms with Crippen LogP contribution in [0.25, 0.3) is 10.4 Å². The number of nitrogens with one attached hydrogen (secondary N) is 2. The molecule has 3 heterocycles. The average Bonchev–Trinajstić information content (AvgIpc) is 4.05. The van der Waals surface area contributed by atoms with Crippen LogP contribution in [0.1, 0.15) is 93.8 Å². The highest BCUT2D eigenvalue weighted by Crippen LogP contribution is 2.40. The fraction of sp³-hybridized carbons (Fsp3) is 0.389. The zero-order chi connectivity index (χ0) is 53.3. The quantitative estimate of drug-likeness (QED) is 0.0495. The Morgan fingerprint density at radius 2 is 1.59 bits per heavy atom. The monoisotopic (exact) mass is 1040 g/mol. The molecule has 7 rings (SSSR count). The normalized spacial score (nSPS) is 17.6. The third-order valence-corrected chi connectivity index (χ3v) is 14.0. The number of nitrogens with zero attached hydrogens (tertiary/aromatic N) is 5. The van der Waals surface area contributed by atoms with Gasteiger partial charge in [-0.05, 0) is 113 Å². The number of aryl methyl sites for hydroxylation is 1. The number of amides is 6. The van der Waals surface area contributed by atoms with Crippen molar-refractivity contribution < 1.29 is 56.5 Å². The summed E-state index contributed by atoms with van der Waals surface area (Å²) >= 11 is 1.54. The van der Waals surface area contributed by atoms with Gasteiger partial charge in [-0.3, -0.25) is 19.3 Å². The van der Waals surface area contributed by atoms with E-state index >= 15 is 0 Å². The lowest BCUT2D eigenvalue weighted by Crippen LogP contribution is -2.57. The number of rotatable bonds is 20. The van der Waals surface area contributed by atoms with Gasteiger partial charge in [-0.1, -0.05) is 61.0 Å². The Bertz CT molecular complexity index is 2840. The third-order valence-electron chi connectivity index (χ3n) is 13.0. The molecule has 0 radical (unpaired) electrons. The molecular weight excluding hydrogens is 980 g/mol. The van der Waals surface area contributed by atoms with Crippen LogP contribution in [0.2, 0.25) is 0 Å². The first kappa shape index (κ1) is 54.4. The molecule has 1 aromatic heterocycles. The number of aliphatic hydroxyl groups excluding tert-OH is 1. The Labute approximate surface area is 431 Å². The van der Waals surface area contributed by atoms with Gasteiger partial charge in [0.05, 0.1) is 63.8 Å². The summed E-state index contributed by atoms with van der Waals surface area (Å²) in [5.41, 5.74) is 1.99. The molecule has 0 bridgehead atoms. The molecule has 5 atom stereocenters. The molecule has 4 aromatic carbocycles. The minimum Gasteiger partial charge on any atom is -0.494 e. The van der Waals surface area contributed by atoms with Crippen molar-refractivity contribution in [3.63, 3.8) is 0 Å². The van der Waals surface area contributed by atoms with E-state index in [4.69, 9.17) is 14.2 Å². The van der Waals surface area contributed by atoms with Gasteiger partial charge in [0.15, 0.2) is 0 Å². The van der Waals surface area contributed by atoms with Crippen molar-refractivity contribution in [2.75, 3.05) is 29.6 Å². The Morgan fingerprint density at radius 3 is 2.24 bits per heavy atom. The number of aromatic nitrogens is 1. The topological polar surface area (TPSA) is 204 Å². The van der Waals surface area contributed by atoms with E-state index in [1.54, 1.807) is 60.2 Å². The van der Waals surface area contributed by atoms with E-state index in [0.29, 0.717) is 41.9 Å². The first-order valence-electron chi connectivity index (χ1n) is 24.2. The van der Waals surface area contributed by atoms with Gasteiger partial charge in [0.2, 0.25) is 11.8 Å². The number of carbonyl (C=O) groups excluding carboxylic acids is 5. The number of unbranched alkanes of at least 4 members (excludes halogenated alkanes) is 3. The number of aliphatic hydroxyl groups is 1. The summed E-state index contributed by atoms with van der Waals surface area (Å²) in [4.78, 5) is 77.1. The number of imide groups is 1. The van der Waals surface area contributed by atoms with E-state index in [9.17, 15) is 47.5 Å². The lowest BCUT2D eigenvalue weighted by Gasteiger charge is -2.31. The maximum atomic E-state index is 14.4. The minimum absolute atomic E-state index is 0.00419. The molecule has 2 saturated heterocycles. The number of halogens is 3. The van der Waals surface area contributed by atoms with E-state index in [1.807, 2.05) is 56.3 Å². The largest absolute Gasteiger partial charge is 0.494 e. The molecule has 0 saturated carbocycles. The van der Waals surface area contributed by atoms with Crippen molar-refractivity contribution in [2.45, 2.75) is 115 Å². The fourth-order valence-corrected chi connectivity index (χ4v) is 9.73. The van der Waals surface area contributed by atoms with Gasteiger partial charge in [-0.15, -0.1) is 11.3 Å². The summed E-state index contributed by atoms with van der Waals surface area (Å²) in [5, 5.41) is 25.6. The van der Waals surface area contributed by atoms with Gasteiger partial charge < -0.3 is 34.9 Å². The highest BCUT2D eigenvalue weighted by Gasteiger charge is 2.53. The van der Waals surface area contributed by atoms with Crippen LogP contribution in [-0.4, -0.2) is 94.4 Å². The number of nitriles is 1. The summed E-state index contributed by atoms with van der Waals surface area (Å²) in [5.74, 6) is -1.31. The van der Waals surface area contributed by atoms with Crippen LogP contribution in [-0.2, 0) is 36.6 Å². The van der Waals surface area contributed by atoms with E-state index in [-0.39, 0.29) is 31.9 Å². The maximum Gasteiger partial charge on any atom is 0.417 e. The Balaban J connectivity index is 0.899. The fourth-order valence-electron chi connectivity index (χ4n) is 8.92. The van der Waals surface area contributed by atoms with Gasteiger partial charge in [0.1, 0.15) is 30.0 Å². The van der Waals surface area contributed by atoms with Crippen molar-refractivity contribution in [3.8, 4) is 22.3 Å². The summed E-state index contributed by atoms with van der Waals surface area (Å²) in [7, 11) is 0. The maximum absolute atomic E-state index is 14.4. The number of anilines is 2. The Morgan fingerprint density at radius 1 is 0.919 bits per heavy atom. The van der Waals surface area contributed by atoms with Crippen molar-refractivity contribution in [2.24, 2.45) is 0 Å². The summed E-state index contributed by atoms with van der Waals surface area (Å²) in [6.45, 7) is 8.82. The molecule has 74 heavy (non-hydrogen) atoms. The molecule has 390 valence electrons. The summed E-state index contributed by atoms with van der Waals surface area (Å²) in [6, 6.07) is 23.9. The van der Waals surface area contributed by atoms with Crippen LogP contribution in [0.3, 0.4) is 0 Å². The van der Waals surface area contributed by atoms with Crippen molar-refractivity contribution in [1.82, 2.24) is 20.5 Å². The highest BCUT2D eigenvalue weighted by atomic mass is 32.1. The van der Waals surface area contributed by atoms with Crippen LogP contribution in [0.15, 0.2) is 103 Å². The number of hydrogen-bond donors (Lipinski definition) is 3. The number of alkyl halides is 3. The molecule has 3 N–H and O–H groups in total. The SMILES string of the molecule is Cc1ncsc1-c1ccc([C@H](C)NC(=O)[C@@H]2C[C@@H](O)CN2C(=O)[C@@H](NC(=O)OCc2ccccc2)[C@@H](C)OCCCCCCOc2ccc(N3C(=O)N(c4ccc(C#N)c(C(F)(F)F)c4)C(=O)C3(C)C)cc2)cc1. The highest BCUT2D eigenvalue weighted by molar-refractivity contribution is 7.13. The van der Waals surface area contributed by atoms with E-state index in [1.165, 1.54) is 29.7 Å². The molecule has 16 nitrogen and oxygen atoms in total. The van der Waals surface area contributed by atoms with E-state index < -0.39 is 83.0 Å². The Hall–Kier alpha value is -7.34. The molecule has 0 aliphatic carbocycles. The molecule has 2 aliphatic rings. The lowest BCUT2D eigenvalue weighted by atomic mass is 10.0. The molecule has 0 unspecified atom stereocenters. The second-order valence-electron chi connectivity index (χ2n) is 18.7. The second-order valence-corrected chi connectivity index (χ2v) is 19.5. The molecule has 2 aliphatic heterocycles. The van der Waals surface area contributed by atoms with Crippen molar-refractivity contribution in [3.05, 3.63) is 131 Å². The molecule has 6 amide bonds. The summed E-state index contributed by atoms with van der Waals surface area (Å²) in [6.07, 6.45) is -4.83. The molecule has 2 fully saturated rings. The first-order chi connectivity index (χ1) is 35.3. The number of carbonyl (C=O) groups is 5. The van der Waals surface area contributed by atoms with E-state index in [0.717, 1.165) is 52.2 Å². The van der Waals surface area contributed by atoms with Crippen LogP contribution in [0.4, 0.5) is 34.1 Å². The number of hydrogen-bond acceptors (Lipinski definition) is 12. The second kappa shape index (κ2) is 23.7. The number of urea groups is 1. The van der Waals surface area contributed by atoms with Crippen molar-refractivity contribution in [1.29, 1.82) is 5.26 Å². The van der Waals surface area contributed by atoms with Crippen LogP contribution < -0.4 is 25.2 Å². The molecule has 0 spiro atoms. The number of ether oxygens (including phenoxy) is 3. The molecule has 20 heteroatoms. The van der Waals surface area contributed by atoms with Gasteiger partial charge in [0.25, 0.3) is 5.91 Å². The standard InChI is InChI=1S/C54H58F3N7O9S/c1-33(37-15-17-38(18-16-37)47-34(2)59-32-74-47)60-48(66)45-28-42(65)30-62(45)49(67)46(61-51(69)73-31-36-13-9-8-10-14-36)35(3)71-25-11-6-7-12-26-72-43-23-21-40(22-24-43)64-52(70)63(50(68)53(64,4)5)41-20-19-39(29-58)44(27-41)54(55,56)57/h8-10,13-24,27,32-33,35,42,45-46,65H,6-7,11-12,25-26,28,30-31H2,1-5H3,(H,60,66)(H,61,69)/t33-,35+,42+,45-,46-/m0/s1. The van der Waals surface area contributed by atoms with E-state index in [2.05, 4.69) is 15.6 Å². The van der Waals surface area contributed by atoms with Crippen molar-refractivity contribution >= 4 is 52.6 Å². The zero-order valence-electron chi connectivity index (χ0n) is 41.6. The number of alkyl carbamates (subject to hydrolysis) is 1. The first-order valence-corrected chi connectivity index (χ1v) is 25.1. The van der Waals surface area contributed by atoms with Crippen LogP contribution >= 0.6 is 11.3 Å².